The van der Waals surface area contributed by atoms with Gasteiger partial charge in [0.2, 0.25) is 0 Å². The van der Waals surface area contributed by atoms with Gasteiger partial charge in [0.1, 0.15) is 0 Å². The zero-order valence-electron chi connectivity index (χ0n) is 10.8. The van der Waals surface area contributed by atoms with Gasteiger partial charge in [-0.2, -0.15) is 0 Å². The summed E-state index contributed by atoms with van der Waals surface area (Å²) in [6.45, 7) is 0. The van der Waals surface area contributed by atoms with Gasteiger partial charge in [-0.25, -0.2) is 4.79 Å². The summed E-state index contributed by atoms with van der Waals surface area (Å²) in [4.78, 5) is 23.7. The summed E-state index contributed by atoms with van der Waals surface area (Å²) in [7, 11) is 1.29. The first-order valence-electron chi connectivity index (χ1n) is 5.71. The summed E-state index contributed by atoms with van der Waals surface area (Å²) in [6.07, 6.45) is -0.542. The van der Waals surface area contributed by atoms with E-state index in [9.17, 15) is 9.59 Å². The van der Waals surface area contributed by atoms with Crippen molar-refractivity contribution in [2.45, 2.75) is 0 Å². The molecule has 0 aliphatic carbocycles. The van der Waals surface area contributed by atoms with Crippen molar-refractivity contribution in [1.82, 2.24) is 0 Å². The topological polar surface area (TPSA) is 67.4 Å². The van der Waals surface area contributed by atoms with E-state index in [1.165, 1.54) is 18.4 Å². The standard InChI is InChI=1S/C13H10Br2N2O3S/c1-20-13(19)17-8-4-2-7(3-5-8)16-12(18)10-6-9(14)11(15)21-10/h2-6H,1H3,(H,16,18)(H,17,19). The van der Waals surface area contributed by atoms with E-state index in [2.05, 4.69) is 47.2 Å². The lowest BCUT2D eigenvalue weighted by atomic mass is 10.2. The number of halogens is 2. The minimum atomic E-state index is -0.542. The number of ether oxygens (including phenoxy) is 1. The van der Waals surface area contributed by atoms with Gasteiger partial charge in [0.25, 0.3) is 5.91 Å². The molecule has 2 N–H and O–H groups in total. The second-order valence-corrected chi connectivity index (χ2v) is 7.10. The molecule has 0 radical (unpaired) electrons. The van der Waals surface area contributed by atoms with Crippen molar-refractivity contribution in [2.75, 3.05) is 17.7 Å². The predicted octanol–water partition coefficient (Wildman–Crippen LogP) is 4.70. The van der Waals surface area contributed by atoms with Crippen LogP contribution in [-0.2, 0) is 4.74 Å². The van der Waals surface area contributed by atoms with Gasteiger partial charge in [-0.05, 0) is 62.2 Å². The largest absolute Gasteiger partial charge is 0.453 e. The molecule has 0 saturated carbocycles. The number of methoxy groups -OCH3 is 1. The van der Waals surface area contributed by atoms with Crippen molar-refractivity contribution < 1.29 is 14.3 Å². The molecule has 1 heterocycles. The van der Waals surface area contributed by atoms with E-state index in [1.807, 2.05) is 0 Å². The molecule has 2 amide bonds. The second kappa shape index (κ2) is 7.06. The average Bonchev–Trinajstić information content (AvgIpc) is 2.81. The fraction of sp³-hybridized carbons (Fsp3) is 0.0769. The molecule has 5 nitrogen and oxygen atoms in total. The Balaban J connectivity index is 2.03. The Labute approximate surface area is 141 Å². The summed E-state index contributed by atoms with van der Waals surface area (Å²) >= 11 is 8.03. The van der Waals surface area contributed by atoms with Gasteiger partial charge >= 0.3 is 6.09 Å². The van der Waals surface area contributed by atoms with Crippen LogP contribution < -0.4 is 10.6 Å². The van der Waals surface area contributed by atoms with Crippen LogP contribution in [0.15, 0.2) is 38.6 Å². The van der Waals surface area contributed by atoms with Crippen molar-refractivity contribution >= 4 is 66.6 Å². The molecule has 0 atom stereocenters. The SMILES string of the molecule is COC(=O)Nc1ccc(NC(=O)c2cc(Br)c(Br)s2)cc1. The molecule has 21 heavy (non-hydrogen) atoms. The third kappa shape index (κ3) is 4.29. The first-order valence-corrected chi connectivity index (χ1v) is 8.11. The quantitative estimate of drug-likeness (QED) is 0.736. The van der Waals surface area contributed by atoms with Crippen LogP contribution in [0.5, 0.6) is 0 Å². The number of benzene rings is 1. The van der Waals surface area contributed by atoms with Crippen LogP contribution in [0.4, 0.5) is 16.2 Å². The molecule has 0 saturated heterocycles. The highest BCUT2D eigenvalue weighted by atomic mass is 79.9. The lowest BCUT2D eigenvalue weighted by Crippen LogP contribution is -2.12. The maximum Gasteiger partial charge on any atom is 0.411 e. The normalized spacial score (nSPS) is 10.0. The number of hydrogen-bond acceptors (Lipinski definition) is 4. The van der Waals surface area contributed by atoms with Gasteiger partial charge in [-0.1, -0.05) is 0 Å². The Hall–Kier alpha value is -1.38. The number of rotatable bonds is 3. The van der Waals surface area contributed by atoms with Crippen LogP contribution in [0.25, 0.3) is 0 Å². The number of carbonyl (C=O) groups is 2. The van der Waals surface area contributed by atoms with Crippen LogP contribution >= 0.6 is 43.2 Å². The third-order valence-corrected chi connectivity index (χ3v) is 5.70. The monoisotopic (exact) mass is 432 g/mol. The average molecular weight is 434 g/mol. The van der Waals surface area contributed by atoms with Gasteiger partial charge in [0.05, 0.1) is 15.8 Å². The van der Waals surface area contributed by atoms with Crippen molar-refractivity contribution in [2.24, 2.45) is 0 Å². The van der Waals surface area contributed by atoms with Crippen LogP contribution in [0.3, 0.4) is 0 Å². The third-order valence-electron chi connectivity index (χ3n) is 2.44. The lowest BCUT2D eigenvalue weighted by molar-refractivity contribution is 0.103. The molecule has 1 aromatic heterocycles. The molecule has 0 fully saturated rings. The van der Waals surface area contributed by atoms with Crippen molar-refractivity contribution in [3.05, 3.63) is 43.5 Å². The summed E-state index contributed by atoms with van der Waals surface area (Å²) in [6, 6.07) is 8.48. The molecule has 8 heteroatoms. The molecule has 0 unspecified atom stereocenters. The Morgan fingerprint density at radius 3 is 2.14 bits per heavy atom. The number of amides is 2. The van der Waals surface area contributed by atoms with Crippen molar-refractivity contribution in [1.29, 1.82) is 0 Å². The highest BCUT2D eigenvalue weighted by Crippen LogP contribution is 2.32. The Morgan fingerprint density at radius 2 is 1.67 bits per heavy atom. The van der Waals surface area contributed by atoms with Crippen LogP contribution in [0.1, 0.15) is 9.67 Å². The first-order chi connectivity index (χ1) is 9.99. The van der Waals surface area contributed by atoms with Crippen molar-refractivity contribution in [3.63, 3.8) is 0 Å². The van der Waals surface area contributed by atoms with Gasteiger partial charge in [0, 0.05) is 15.8 Å². The van der Waals surface area contributed by atoms with E-state index >= 15 is 0 Å². The summed E-state index contributed by atoms with van der Waals surface area (Å²) < 4.78 is 6.20. The number of thiophene rings is 1. The number of nitrogens with one attached hydrogen (secondary N) is 2. The molecule has 1 aromatic carbocycles. The van der Waals surface area contributed by atoms with Gasteiger partial charge in [-0.15, -0.1) is 11.3 Å². The molecule has 0 aliphatic rings. The zero-order valence-corrected chi connectivity index (χ0v) is 14.8. The molecule has 0 aliphatic heterocycles. The summed E-state index contributed by atoms with van der Waals surface area (Å²) in [5.74, 6) is -0.194. The first kappa shape index (κ1) is 16.0. The minimum Gasteiger partial charge on any atom is -0.453 e. The van der Waals surface area contributed by atoms with E-state index in [-0.39, 0.29) is 5.91 Å². The molecule has 0 spiro atoms. The summed E-state index contributed by atoms with van der Waals surface area (Å²) in [5, 5.41) is 5.31. The molecular formula is C13H10Br2N2O3S. The Kier molecular flexibility index (Phi) is 5.38. The van der Waals surface area contributed by atoms with Gasteiger partial charge < -0.3 is 10.1 Å². The second-order valence-electron chi connectivity index (χ2n) is 3.88. The van der Waals surface area contributed by atoms with E-state index in [0.717, 1.165) is 8.26 Å². The van der Waals surface area contributed by atoms with Crippen LogP contribution in [0, 0.1) is 0 Å². The van der Waals surface area contributed by atoms with Gasteiger partial charge in [0.15, 0.2) is 0 Å². The van der Waals surface area contributed by atoms with E-state index < -0.39 is 6.09 Å². The summed E-state index contributed by atoms with van der Waals surface area (Å²) in [5.41, 5.74) is 1.22. The Morgan fingerprint density at radius 1 is 1.10 bits per heavy atom. The molecule has 2 rings (SSSR count). The maximum atomic E-state index is 12.1. The predicted molar refractivity (Wildman–Crippen MR) is 90.1 cm³/mol. The number of carbonyl (C=O) groups excluding carboxylic acids is 2. The molecule has 110 valence electrons. The molecule has 0 bridgehead atoms. The lowest BCUT2D eigenvalue weighted by Gasteiger charge is -2.06. The van der Waals surface area contributed by atoms with E-state index in [1.54, 1.807) is 30.3 Å². The molecule has 2 aromatic rings. The fourth-order valence-electron chi connectivity index (χ4n) is 1.46. The van der Waals surface area contributed by atoms with E-state index in [0.29, 0.717) is 16.3 Å². The zero-order chi connectivity index (χ0) is 15.4. The molecular weight excluding hydrogens is 424 g/mol. The van der Waals surface area contributed by atoms with Crippen molar-refractivity contribution in [3.8, 4) is 0 Å². The Bertz CT molecular complexity index is 651. The highest BCUT2D eigenvalue weighted by molar-refractivity contribution is 9.13. The van der Waals surface area contributed by atoms with Crippen LogP contribution in [-0.4, -0.2) is 19.1 Å². The van der Waals surface area contributed by atoms with Crippen LogP contribution in [0.2, 0.25) is 0 Å². The number of anilines is 2. The minimum absolute atomic E-state index is 0.194. The van der Waals surface area contributed by atoms with Gasteiger partial charge in [-0.3, -0.25) is 10.1 Å². The number of hydrogen-bond donors (Lipinski definition) is 2. The maximum absolute atomic E-state index is 12.1. The highest BCUT2D eigenvalue weighted by Gasteiger charge is 2.12. The van der Waals surface area contributed by atoms with E-state index in [4.69, 9.17) is 0 Å². The fourth-order valence-corrected chi connectivity index (χ4v) is 3.39. The smallest absolute Gasteiger partial charge is 0.411 e.